The second kappa shape index (κ2) is 8.64. The maximum absolute atomic E-state index is 13.8. The number of hydrogen-bond donors (Lipinski definition) is 1. The van der Waals surface area contributed by atoms with Gasteiger partial charge >= 0.3 is 0 Å². The standard InChI is InChI=1S/C20H19FN2O3S/c1-25-15-9-13(10-16(11-15)26-2)19(24)22-8-7-14-12-27-20(23-14)17-5-3-4-6-18(17)21/h3-6,9-12H,7-8H2,1-2H3,(H,22,24). The molecule has 7 heteroatoms. The predicted octanol–water partition coefficient (Wildman–Crippen LogP) is 3.94. The number of rotatable bonds is 7. The average molecular weight is 386 g/mol. The van der Waals surface area contributed by atoms with Crippen LogP contribution in [0.4, 0.5) is 4.39 Å². The van der Waals surface area contributed by atoms with Crippen LogP contribution >= 0.6 is 11.3 Å². The van der Waals surface area contributed by atoms with Crippen LogP contribution < -0.4 is 14.8 Å². The second-order valence-electron chi connectivity index (χ2n) is 5.73. The normalized spacial score (nSPS) is 10.5. The first-order chi connectivity index (χ1) is 13.1. The number of carbonyl (C=O) groups excluding carboxylic acids is 1. The molecule has 1 aromatic heterocycles. The van der Waals surface area contributed by atoms with E-state index in [0.29, 0.717) is 40.6 Å². The summed E-state index contributed by atoms with van der Waals surface area (Å²) in [6.45, 7) is 0.415. The molecule has 0 aliphatic carbocycles. The minimum atomic E-state index is -0.293. The minimum absolute atomic E-state index is 0.225. The maximum Gasteiger partial charge on any atom is 0.251 e. The van der Waals surface area contributed by atoms with Gasteiger partial charge in [-0.1, -0.05) is 12.1 Å². The van der Waals surface area contributed by atoms with Gasteiger partial charge in [-0.05, 0) is 24.3 Å². The number of carbonyl (C=O) groups is 1. The highest BCUT2D eigenvalue weighted by molar-refractivity contribution is 7.13. The molecular formula is C20H19FN2O3S. The van der Waals surface area contributed by atoms with Gasteiger partial charge in [-0.3, -0.25) is 4.79 Å². The van der Waals surface area contributed by atoms with E-state index >= 15 is 0 Å². The second-order valence-corrected chi connectivity index (χ2v) is 6.59. The van der Waals surface area contributed by atoms with Gasteiger partial charge in [0.2, 0.25) is 0 Å². The summed E-state index contributed by atoms with van der Waals surface area (Å²) in [5.41, 5.74) is 1.75. The molecule has 0 bridgehead atoms. The van der Waals surface area contributed by atoms with Crippen LogP contribution in [0, 0.1) is 5.82 Å². The molecule has 27 heavy (non-hydrogen) atoms. The summed E-state index contributed by atoms with van der Waals surface area (Å²) in [6, 6.07) is 11.6. The Balaban J connectivity index is 1.60. The van der Waals surface area contributed by atoms with Gasteiger partial charge in [0.15, 0.2) is 0 Å². The molecule has 2 aromatic carbocycles. The van der Waals surface area contributed by atoms with Gasteiger partial charge in [-0.15, -0.1) is 11.3 Å². The fourth-order valence-electron chi connectivity index (χ4n) is 2.52. The Morgan fingerprint density at radius 1 is 1.15 bits per heavy atom. The number of halogens is 1. The first-order valence-corrected chi connectivity index (χ1v) is 9.19. The van der Waals surface area contributed by atoms with E-state index in [1.54, 1.807) is 36.4 Å². The number of thiazole rings is 1. The summed E-state index contributed by atoms with van der Waals surface area (Å²) in [5, 5.41) is 5.36. The number of hydrogen-bond acceptors (Lipinski definition) is 5. The molecule has 0 fully saturated rings. The lowest BCUT2D eigenvalue weighted by Gasteiger charge is -2.09. The molecule has 0 radical (unpaired) electrons. The van der Waals surface area contributed by atoms with Crippen LogP contribution in [-0.4, -0.2) is 31.7 Å². The molecule has 3 rings (SSSR count). The summed E-state index contributed by atoms with van der Waals surface area (Å²) in [7, 11) is 3.07. The average Bonchev–Trinajstić information content (AvgIpc) is 3.16. The van der Waals surface area contributed by atoms with Gasteiger partial charge in [0.05, 0.1) is 19.9 Å². The molecule has 0 aliphatic rings. The zero-order valence-electron chi connectivity index (χ0n) is 15.0. The molecule has 5 nitrogen and oxygen atoms in total. The number of benzene rings is 2. The van der Waals surface area contributed by atoms with Crippen molar-refractivity contribution in [2.24, 2.45) is 0 Å². The van der Waals surface area contributed by atoms with E-state index in [1.807, 2.05) is 5.38 Å². The zero-order chi connectivity index (χ0) is 19.2. The van der Waals surface area contributed by atoms with Crippen molar-refractivity contribution in [1.82, 2.24) is 10.3 Å². The van der Waals surface area contributed by atoms with Crippen molar-refractivity contribution < 1.29 is 18.7 Å². The van der Waals surface area contributed by atoms with Crippen molar-refractivity contribution in [3.63, 3.8) is 0 Å². The Kier molecular flexibility index (Phi) is 6.03. The Labute approximate surface area is 160 Å². The third-order valence-electron chi connectivity index (χ3n) is 3.94. The molecule has 0 unspecified atom stereocenters. The summed E-state index contributed by atoms with van der Waals surface area (Å²) in [4.78, 5) is 16.8. The van der Waals surface area contributed by atoms with E-state index < -0.39 is 0 Å². The van der Waals surface area contributed by atoms with Gasteiger partial charge in [0.25, 0.3) is 5.91 Å². The Hall–Kier alpha value is -2.93. The van der Waals surface area contributed by atoms with Crippen LogP contribution in [0.25, 0.3) is 10.6 Å². The number of methoxy groups -OCH3 is 2. The van der Waals surface area contributed by atoms with E-state index in [-0.39, 0.29) is 11.7 Å². The van der Waals surface area contributed by atoms with Gasteiger partial charge in [-0.25, -0.2) is 9.37 Å². The number of nitrogens with zero attached hydrogens (tertiary/aromatic N) is 1. The Bertz CT molecular complexity index is 920. The smallest absolute Gasteiger partial charge is 0.251 e. The van der Waals surface area contributed by atoms with Gasteiger partial charge < -0.3 is 14.8 Å². The highest BCUT2D eigenvalue weighted by Gasteiger charge is 2.11. The first kappa shape index (κ1) is 18.8. The van der Waals surface area contributed by atoms with Crippen molar-refractivity contribution >= 4 is 17.2 Å². The van der Waals surface area contributed by atoms with Gasteiger partial charge in [0, 0.05) is 35.5 Å². The largest absolute Gasteiger partial charge is 0.497 e. The first-order valence-electron chi connectivity index (χ1n) is 8.31. The van der Waals surface area contributed by atoms with E-state index in [9.17, 15) is 9.18 Å². The molecule has 0 spiro atoms. The fourth-order valence-corrected chi connectivity index (χ4v) is 3.41. The van der Waals surface area contributed by atoms with Crippen molar-refractivity contribution in [1.29, 1.82) is 0 Å². The van der Waals surface area contributed by atoms with Crippen molar-refractivity contribution in [2.45, 2.75) is 6.42 Å². The third-order valence-corrected chi connectivity index (χ3v) is 4.86. The molecule has 3 aromatic rings. The molecule has 1 heterocycles. The van der Waals surface area contributed by atoms with Crippen LogP contribution in [-0.2, 0) is 6.42 Å². The number of amides is 1. The van der Waals surface area contributed by atoms with E-state index in [4.69, 9.17) is 9.47 Å². The van der Waals surface area contributed by atoms with Crippen LogP contribution in [0.1, 0.15) is 16.1 Å². The molecule has 0 atom stereocenters. The lowest BCUT2D eigenvalue weighted by Crippen LogP contribution is -2.25. The molecule has 0 saturated carbocycles. The maximum atomic E-state index is 13.8. The summed E-state index contributed by atoms with van der Waals surface area (Å²) < 4.78 is 24.2. The Morgan fingerprint density at radius 3 is 2.52 bits per heavy atom. The van der Waals surface area contributed by atoms with Crippen LogP contribution in [0.15, 0.2) is 47.8 Å². The van der Waals surface area contributed by atoms with E-state index in [2.05, 4.69) is 10.3 Å². The van der Waals surface area contributed by atoms with Crippen LogP contribution in [0.2, 0.25) is 0 Å². The molecule has 0 saturated heterocycles. The highest BCUT2D eigenvalue weighted by Crippen LogP contribution is 2.26. The summed E-state index contributed by atoms with van der Waals surface area (Å²) >= 11 is 1.39. The quantitative estimate of drug-likeness (QED) is 0.668. The zero-order valence-corrected chi connectivity index (χ0v) is 15.8. The topological polar surface area (TPSA) is 60.5 Å². The lowest BCUT2D eigenvalue weighted by atomic mass is 10.2. The van der Waals surface area contributed by atoms with Gasteiger partial charge in [-0.2, -0.15) is 0 Å². The molecule has 1 N–H and O–H groups in total. The fraction of sp³-hybridized carbons (Fsp3) is 0.200. The molecule has 140 valence electrons. The number of aromatic nitrogens is 1. The highest BCUT2D eigenvalue weighted by atomic mass is 32.1. The van der Waals surface area contributed by atoms with Gasteiger partial charge in [0.1, 0.15) is 22.3 Å². The number of ether oxygens (including phenoxy) is 2. The molecule has 1 amide bonds. The molecule has 0 aliphatic heterocycles. The van der Waals surface area contributed by atoms with Crippen molar-refractivity contribution in [3.8, 4) is 22.1 Å². The monoisotopic (exact) mass is 386 g/mol. The van der Waals surface area contributed by atoms with Crippen molar-refractivity contribution in [3.05, 3.63) is 64.9 Å². The Morgan fingerprint density at radius 2 is 1.85 bits per heavy atom. The van der Waals surface area contributed by atoms with Crippen LogP contribution in [0.3, 0.4) is 0 Å². The molecular weight excluding hydrogens is 367 g/mol. The predicted molar refractivity (Wildman–Crippen MR) is 103 cm³/mol. The van der Waals surface area contributed by atoms with E-state index in [1.165, 1.54) is 31.6 Å². The summed E-state index contributed by atoms with van der Waals surface area (Å²) in [5.74, 6) is 0.581. The summed E-state index contributed by atoms with van der Waals surface area (Å²) in [6.07, 6.45) is 0.553. The number of nitrogens with one attached hydrogen (secondary N) is 1. The third kappa shape index (κ3) is 4.62. The minimum Gasteiger partial charge on any atom is -0.497 e. The van der Waals surface area contributed by atoms with Crippen LogP contribution in [0.5, 0.6) is 11.5 Å². The van der Waals surface area contributed by atoms with E-state index in [0.717, 1.165) is 5.69 Å². The SMILES string of the molecule is COc1cc(OC)cc(C(=O)NCCc2csc(-c3ccccc3F)n2)c1. The lowest BCUT2D eigenvalue weighted by molar-refractivity contribution is 0.0953. The van der Waals surface area contributed by atoms with Crippen molar-refractivity contribution in [2.75, 3.05) is 20.8 Å².